The number of morpholine rings is 1. The standard InChI is InChI=1S/C14H23N3O3/c18-13(5-6-15-10-1-2-10)17-7-8-20-9-12(17)14(19)16-11-3-4-11/h10-12,15H,1-9H2,(H,16,19). The van der Waals surface area contributed by atoms with Crippen molar-refractivity contribution in [3.8, 4) is 0 Å². The Bertz CT molecular complexity index is 380. The van der Waals surface area contributed by atoms with E-state index in [9.17, 15) is 9.59 Å². The Morgan fingerprint density at radius 3 is 2.60 bits per heavy atom. The lowest BCUT2D eigenvalue weighted by Gasteiger charge is -2.34. The van der Waals surface area contributed by atoms with Crippen LogP contribution >= 0.6 is 0 Å². The first-order valence-electron chi connectivity index (χ1n) is 7.65. The maximum absolute atomic E-state index is 12.3. The van der Waals surface area contributed by atoms with E-state index < -0.39 is 6.04 Å². The molecule has 0 spiro atoms. The summed E-state index contributed by atoms with van der Waals surface area (Å²) in [7, 11) is 0. The number of ether oxygens (including phenoxy) is 1. The number of carbonyl (C=O) groups excluding carboxylic acids is 2. The summed E-state index contributed by atoms with van der Waals surface area (Å²) in [6, 6.07) is 0.483. The molecule has 2 saturated carbocycles. The average molecular weight is 281 g/mol. The minimum Gasteiger partial charge on any atom is -0.377 e. The van der Waals surface area contributed by atoms with Crippen molar-refractivity contribution < 1.29 is 14.3 Å². The molecule has 1 aliphatic heterocycles. The SMILES string of the molecule is O=C(NC1CC1)C1COCCN1C(=O)CCNC1CC1. The molecule has 2 aliphatic carbocycles. The molecule has 0 radical (unpaired) electrons. The highest BCUT2D eigenvalue weighted by atomic mass is 16.5. The molecule has 0 aromatic rings. The third-order valence-electron chi connectivity index (χ3n) is 4.02. The summed E-state index contributed by atoms with van der Waals surface area (Å²) < 4.78 is 5.37. The number of nitrogens with zero attached hydrogens (tertiary/aromatic N) is 1. The van der Waals surface area contributed by atoms with E-state index >= 15 is 0 Å². The maximum Gasteiger partial charge on any atom is 0.245 e. The van der Waals surface area contributed by atoms with E-state index in [4.69, 9.17) is 4.74 Å². The quantitative estimate of drug-likeness (QED) is 0.697. The van der Waals surface area contributed by atoms with Gasteiger partial charge in [-0.2, -0.15) is 0 Å². The summed E-state index contributed by atoms with van der Waals surface area (Å²) in [6.45, 7) is 2.07. The van der Waals surface area contributed by atoms with E-state index in [1.165, 1.54) is 12.8 Å². The molecule has 20 heavy (non-hydrogen) atoms. The molecule has 1 heterocycles. The zero-order chi connectivity index (χ0) is 13.9. The van der Waals surface area contributed by atoms with Crippen molar-refractivity contribution in [2.75, 3.05) is 26.3 Å². The maximum atomic E-state index is 12.3. The van der Waals surface area contributed by atoms with Gasteiger partial charge < -0.3 is 20.3 Å². The van der Waals surface area contributed by atoms with Crippen LogP contribution in [0.25, 0.3) is 0 Å². The minimum atomic E-state index is -0.447. The fourth-order valence-corrected chi connectivity index (χ4v) is 2.46. The number of amides is 2. The van der Waals surface area contributed by atoms with Gasteiger partial charge in [0.25, 0.3) is 0 Å². The minimum absolute atomic E-state index is 0.0531. The van der Waals surface area contributed by atoms with Gasteiger partial charge in [-0.05, 0) is 25.7 Å². The monoisotopic (exact) mass is 281 g/mol. The average Bonchev–Trinajstić information content (AvgIpc) is 3.33. The molecule has 6 heteroatoms. The lowest BCUT2D eigenvalue weighted by molar-refractivity contribution is -0.148. The van der Waals surface area contributed by atoms with Crippen molar-refractivity contribution in [3.05, 3.63) is 0 Å². The van der Waals surface area contributed by atoms with Crippen molar-refractivity contribution in [2.24, 2.45) is 0 Å². The molecule has 3 rings (SSSR count). The predicted octanol–water partition coefficient (Wildman–Crippen LogP) is -0.365. The molecule has 1 atom stereocenters. The lowest BCUT2D eigenvalue weighted by atomic mass is 10.2. The Kier molecular flexibility index (Phi) is 4.21. The topological polar surface area (TPSA) is 70.7 Å². The van der Waals surface area contributed by atoms with Gasteiger partial charge in [0.05, 0.1) is 13.2 Å². The molecule has 1 unspecified atom stereocenters. The van der Waals surface area contributed by atoms with Gasteiger partial charge in [-0.1, -0.05) is 0 Å². The molecule has 0 aromatic heterocycles. The molecular weight excluding hydrogens is 258 g/mol. The zero-order valence-corrected chi connectivity index (χ0v) is 11.8. The molecule has 6 nitrogen and oxygen atoms in total. The number of hydrogen-bond donors (Lipinski definition) is 2. The van der Waals surface area contributed by atoms with Crippen LogP contribution in [0.5, 0.6) is 0 Å². The molecular formula is C14H23N3O3. The van der Waals surface area contributed by atoms with Gasteiger partial charge in [0, 0.05) is 31.6 Å². The zero-order valence-electron chi connectivity index (χ0n) is 11.8. The number of nitrogens with one attached hydrogen (secondary N) is 2. The number of hydrogen-bond acceptors (Lipinski definition) is 4. The second kappa shape index (κ2) is 6.10. The molecule has 3 fully saturated rings. The van der Waals surface area contributed by atoms with E-state index in [0.717, 1.165) is 12.8 Å². The summed E-state index contributed by atoms with van der Waals surface area (Å²) in [4.78, 5) is 26.1. The second-order valence-corrected chi connectivity index (χ2v) is 5.94. The van der Waals surface area contributed by atoms with Crippen molar-refractivity contribution >= 4 is 11.8 Å². The predicted molar refractivity (Wildman–Crippen MR) is 73.1 cm³/mol. The Morgan fingerprint density at radius 1 is 1.15 bits per heavy atom. The fourth-order valence-electron chi connectivity index (χ4n) is 2.46. The van der Waals surface area contributed by atoms with E-state index in [-0.39, 0.29) is 11.8 Å². The van der Waals surface area contributed by atoms with Crippen LogP contribution in [0, 0.1) is 0 Å². The Labute approximate surface area is 119 Å². The normalized spacial score (nSPS) is 26.4. The molecule has 2 amide bonds. The van der Waals surface area contributed by atoms with Crippen LogP contribution in [0.15, 0.2) is 0 Å². The Morgan fingerprint density at radius 2 is 1.90 bits per heavy atom. The highest BCUT2D eigenvalue weighted by molar-refractivity contribution is 5.88. The first-order valence-corrected chi connectivity index (χ1v) is 7.65. The van der Waals surface area contributed by atoms with Gasteiger partial charge >= 0.3 is 0 Å². The van der Waals surface area contributed by atoms with Crippen LogP contribution in [-0.2, 0) is 14.3 Å². The van der Waals surface area contributed by atoms with Gasteiger partial charge in [-0.15, -0.1) is 0 Å². The van der Waals surface area contributed by atoms with E-state index in [1.54, 1.807) is 4.90 Å². The first kappa shape index (κ1) is 13.8. The van der Waals surface area contributed by atoms with Crippen molar-refractivity contribution in [1.82, 2.24) is 15.5 Å². The third-order valence-corrected chi connectivity index (χ3v) is 4.02. The summed E-state index contributed by atoms with van der Waals surface area (Å²) in [5, 5.41) is 6.30. The highest BCUT2D eigenvalue weighted by Crippen LogP contribution is 2.20. The van der Waals surface area contributed by atoms with E-state index in [1.807, 2.05) is 0 Å². The van der Waals surface area contributed by atoms with Crippen LogP contribution < -0.4 is 10.6 Å². The molecule has 3 aliphatic rings. The molecule has 112 valence electrons. The Hall–Kier alpha value is -1.14. The lowest BCUT2D eigenvalue weighted by Crippen LogP contribution is -2.56. The largest absolute Gasteiger partial charge is 0.377 e. The van der Waals surface area contributed by atoms with E-state index in [2.05, 4.69) is 10.6 Å². The van der Waals surface area contributed by atoms with Gasteiger partial charge in [0.15, 0.2) is 0 Å². The summed E-state index contributed by atoms with van der Waals surface area (Å²) in [6.07, 6.45) is 5.01. The first-order chi connectivity index (χ1) is 9.74. The molecule has 0 bridgehead atoms. The fraction of sp³-hybridized carbons (Fsp3) is 0.857. The van der Waals surface area contributed by atoms with Crippen LogP contribution in [-0.4, -0.2) is 61.1 Å². The Balaban J connectivity index is 1.49. The number of rotatable bonds is 6. The van der Waals surface area contributed by atoms with Gasteiger partial charge in [-0.25, -0.2) is 0 Å². The van der Waals surface area contributed by atoms with Crippen molar-refractivity contribution in [3.63, 3.8) is 0 Å². The molecule has 1 saturated heterocycles. The van der Waals surface area contributed by atoms with Crippen LogP contribution in [0.2, 0.25) is 0 Å². The van der Waals surface area contributed by atoms with Crippen molar-refractivity contribution in [1.29, 1.82) is 0 Å². The third kappa shape index (κ3) is 3.70. The number of carbonyl (C=O) groups is 2. The van der Waals surface area contributed by atoms with Gasteiger partial charge in [0.2, 0.25) is 11.8 Å². The highest BCUT2D eigenvalue weighted by Gasteiger charge is 2.35. The summed E-state index contributed by atoms with van der Waals surface area (Å²) in [5.41, 5.74) is 0. The molecule has 0 aromatic carbocycles. The van der Waals surface area contributed by atoms with E-state index in [0.29, 0.717) is 44.8 Å². The second-order valence-electron chi connectivity index (χ2n) is 5.94. The summed E-state index contributed by atoms with van der Waals surface area (Å²) >= 11 is 0. The molecule has 2 N–H and O–H groups in total. The smallest absolute Gasteiger partial charge is 0.245 e. The van der Waals surface area contributed by atoms with Gasteiger partial charge in [0.1, 0.15) is 6.04 Å². The van der Waals surface area contributed by atoms with Crippen LogP contribution in [0.1, 0.15) is 32.1 Å². The van der Waals surface area contributed by atoms with Crippen LogP contribution in [0.4, 0.5) is 0 Å². The van der Waals surface area contributed by atoms with Gasteiger partial charge in [-0.3, -0.25) is 9.59 Å². The van der Waals surface area contributed by atoms with Crippen LogP contribution in [0.3, 0.4) is 0 Å². The summed E-state index contributed by atoms with van der Waals surface area (Å²) in [5.74, 6) is -0.00639. The van der Waals surface area contributed by atoms with Crippen molar-refractivity contribution in [2.45, 2.75) is 50.2 Å².